The summed E-state index contributed by atoms with van der Waals surface area (Å²) in [5.74, 6) is 0.166. The summed E-state index contributed by atoms with van der Waals surface area (Å²) in [4.78, 5) is 12.2. The van der Waals surface area contributed by atoms with E-state index < -0.39 is 0 Å². The molecular formula is C17H12Cl2N4O. The molecule has 0 unspecified atom stereocenters. The molecular weight excluding hydrogens is 347 g/mol. The molecule has 0 spiro atoms. The third-order valence-electron chi connectivity index (χ3n) is 3.12. The second-order valence-electron chi connectivity index (χ2n) is 4.88. The quantitative estimate of drug-likeness (QED) is 0.704. The summed E-state index contributed by atoms with van der Waals surface area (Å²) >= 11 is 11.8. The number of carbonyl (C=O) groups is 1. The number of para-hydroxylation sites is 1. The zero-order valence-corrected chi connectivity index (χ0v) is 13.8. The first-order chi connectivity index (χ1) is 11.6. The highest BCUT2D eigenvalue weighted by molar-refractivity contribution is 6.42. The van der Waals surface area contributed by atoms with Gasteiger partial charge in [-0.15, -0.1) is 10.2 Å². The number of benzene rings is 2. The topological polar surface area (TPSA) is 66.9 Å². The molecule has 5 nitrogen and oxygen atoms in total. The number of carbonyl (C=O) groups excluding carboxylic acids is 1. The Morgan fingerprint density at radius 3 is 2.29 bits per heavy atom. The van der Waals surface area contributed by atoms with E-state index in [-0.39, 0.29) is 11.6 Å². The van der Waals surface area contributed by atoms with Gasteiger partial charge in [0.15, 0.2) is 11.5 Å². The Morgan fingerprint density at radius 2 is 1.62 bits per heavy atom. The first kappa shape index (κ1) is 16.2. The molecule has 2 aromatic carbocycles. The van der Waals surface area contributed by atoms with E-state index in [9.17, 15) is 4.79 Å². The van der Waals surface area contributed by atoms with Crippen LogP contribution in [0.3, 0.4) is 0 Å². The van der Waals surface area contributed by atoms with Crippen LogP contribution in [0.15, 0.2) is 60.7 Å². The minimum Gasteiger partial charge on any atom is -0.339 e. The number of hydrogen-bond donors (Lipinski definition) is 2. The number of rotatable bonds is 4. The second kappa shape index (κ2) is 7.29. The van der Waals surface area contributed by atoms with Crippen molar-refractivity contribution in [2.75, 3.05) is 10.6 Å². The van der Waals surface area contributed by atoms with Crippen molar-refractivity contribution in [3.63, 3.8) is 0 Å². The number of anilines is 3. The molecule has 7 heteroatoms. The first-order valence-electron chi connectivity index (χ1n) is 7.04. The molecule has 24 heavy (non-hydrogen) atoms. The molecule has 0 atom stereocenters. The Bertz CT molecular complexity index is 854. The summed E-state index contributed by atoms with van der Waals surface area (Å²) < 4.78 is 0. The number of nitrogens with one attached hydrogen (secondary N) is 2. The first-order valence-corrected chi connectivity index (χ1v) is 7.79. The van der Waals surface area contributed by atoms with Crippen LogP contribution < -0.4 is 10.6 Å². The fourth-order valence-electron chi connectivity index (χ4n) is 1.96. The fraction of sp³-hybridized carbons (Fsp3) is 0. The number of nitrogens with zero attached hydrogens (tertiary/aromatic N) is 2. The van der Waals surface area contributed by atoms with Gasteiger partial charge in [-0.05, 0) is 42.5 Å². The van der Waals surface area contributed by atoms with Gasteiger partial charge in [-0.3, -0.25) is 4.79 Å². The van der Waals surface area contributed by atoms with Crippen molar-refractivity contribution < 1.29 is 4.79 Å². The largest absolute Gasteiger partial charge is 0.339 e. The molecule has 0 saturated carbocycles. The van der Waals surface area contributed by atoms with E-state index in [1.807, 2.05) is 30.3 Å². The highest BCUT2D eigenvalue weighted by Gasteiger charge is 2.10. The van der Waals surface area contributed by atoms with Crippen molar-refractivity contribution in [1.29, 1.82) is 0 Å². The van der Waals surface area contributed by atoms with Crippen LogP contribution in [0.5, 0.6) is 0 Å². The molecule has 1 amide bonds. The number of aromatic nitrogens is 2. The van der Waals surface area contributed by atoms with Gasteiger partial charge in [0, 0.05) is 11.4 Å². The maximum Gasteiger partial charge on any atom is 0.276 e. The minimum absolute atomic E-state index is 0.194. The van der Waals surface area contributed by atoms with E-state index in [0.29, 0.717) is 21.6 Å². The van der Waals surface area contributed by atoms with Gasteiger partial charge in [-0.1, -0.05) is 41.4 Å². The van der Waals surface area contributed by atoms with Crippen molar-refractivity contribution >= 4 is 46.3 Å². The lowest BCUT2D eigenvalue weighted by Crippen LogP contribution is -2.14. The number of amides is 1. The maximum atomic E-state index is 12.2. The Labute approximate surface area is 148 Å². The average Bonchev–Trinajstić information content (AvgIpc) is 2.60. The van der Waals surface area contributed by atoms with Crippen LogP contribution in [0.1, 0.15) is 10.5 Å². The van der Waals surface area contributed by atoms with Crippen molar-refractivity contribution in [2.24, 2.45) is 0 Å². The van der Waals surface area contributed by atoms with Gasteiger partial charge in [0.1, 0.15) is 0 Å². The van der Waals surface area contributed by atoms with Gasteiger partial charge in [0.05, 0.1) is 10.0 Å². The lowest BCUT2D eigenvalue weighted by atomic mass is 10.3. The Morgan fingerprint density at radius 1 is 0.833 bits per heavy atom. The van der Waals surface area contributed by atoms with Crippen molar-refractivity contribution in [3.05, 3.63) is 76.4 Å². The lowest BCUT2D eigenvalue weighted by Gasteiger charge is -2.07. The van der Waals surface area contributed by atoms with E-state index in [1.165, 1.54) is 0 Å². The molecule has 0 saturated heterocycles. The molecule has 0 fully saturated rings. The summed E-state index contributed by atoms with van der Waals surface area (Å²) in [5, 5.41) is 14.5. The normalized spacial score (nSPS) is 10.2. The van der Waals surface area contributed by atoms with Gasteiger partial charge in [-0.25, -0.2) is 0 Å². The molecule has 3 aromatic rings. The molecule has 1 aromatic heterocycles. The zero-order valence-electron chi connectivity index (χ0n) is 12.3. The van der Waals surface area contributed by atoms with Gasteiger partial charge in [0.25, 0.3) is 5.91 Å². The smallest absolute Gasteiger partial charge is 0.276 e. The van der Waals surface area contributed by atoms with E-state index in [4.69, 9.17) is 23.2 Å². The van der Waals surface area contributed by atoms with Crippen molar-refractivity contribution in [3.8, 4) is 0 Å². The van der Waals surface area contributed by atoms with E-state index in [0.717, 1.165) is 5.69 Å². The SMILES string of the molecule is O=C(Nc1ccc(Cl)c(Cl)c1)c1ccc(Nc2ccccc2)nn1. The van der Waals surface area contributed by atoms with E-state index in [2.05, 4.69) is 20.8 Å². The standard InChI is InChI=1S/C17H12Cl2N4O/c18-13-7-6-12(10-14(13)19)21-17(24)15-8-9-16(23-22-15)20-11-4-2-1-3-5-11/h1-10H,(H,20,23)(H,21,24). The van der Waals surface area contributed by atoms with Crippen LogP contribution >= 0.6 is 23.2 Å². The summed E-state index contributed by atoms with van der Waals surface area (Å²) in [6.07, 6.45) is 0. The van der Waals surface area contributed by atoms with Crippen LogP contribution in [-0.4, -0.2) is 16.1 Å². The van der Waals surface area contributed by atoms with Gasteiger partial charge in [-0.2, -0.15) is 0 Å². The molecule has 0 radical (unpaired) electrons. The highest BCUT2D eigenvalue weighted by Crippen LogP contribution is 2.25. The average molecular weight is 359 g/mol. The number of hydrogen-bond acceptors (Lipinski definition) is 4. The highest BCUT2D eigenvalue weighted by atomic mass is 35.5. The molecule has 120 valence electrons. The lowest BCUT2D eigenvalue weighted by molar-refractivity contribution is 0.102. The number of halogens is 2. The molecule has 2 N–H and O–H groups in total. The summed E-state index contributed by atoms with van der Waals surface area (Å²) in [5.41, 5.74) is 1.61. The van der Waals surface area contributed by atoms with Crippen molar-refractivity contribution in [2.45, 2.75) is 0 Å². The van der Waals surface area contributed by atoms with Gasteiger partial charge < -0.3 is 10.6 Å². The summed E-state index contributed by atoms with van der Waals surface area (Å²) in [6, 6.07) is 17.7. The Hall–Kier alpha value is -2.63. The van der Waals surface area contributed by atoms with E-state index in [1.54, 1.807) is 30.3 Å². The third kappa shape index (κ3) is 4.01. The summed E-state index contributed by atoms with van der Waals surface area (Å²) in [6.45, 7) is 0. The molecule has 0 aliphatic carbocycles. The van der Waals surface area contributed by atoms with Crippen LogP contribution in [-0.2, 0) is 0 Å². The van der Waals surface area contributed by atoms with Crippen LogP contribution in [0.4, 0.5) is 17.2 Å². The van der Waals surface area contributed by atoms with E-state index >= 15 is 0 Å². The molecule has 0 bridgehead atoms. The molecule has 0 aliphatic heterocycles. The molecule has 3 rings (SSSR count). The Kier molecular flexibility index (Phi) is 4.93. The third-order valence-corrected chi connectivity index (χ3v) is 3.86. The van der Waals surface area contributed by atoms with Crippen LogP contribution in [0, 0.1) is 0 Å². The minimum atomic E-state index is -0.382. The summed E-state index contributed by atoms with van der Waals surface area (Å²) in [7, 11) is 0. The van der Waals surface area contributed by atoms with Gasteiger partial charge in [0.2, 0.25) is 0 Å². The predicted molar refractivity (Wildman–Crippen MR) is 96.2 cm³/mol. The molecule has 0 aliphatic rings. The maximum absolute atomic E-state index is 12.2. The zero-order chi connectivity index (χ0) is 16.9. The molecule has 1 heterocycles. The van der Waals surface area contributed by atoms with Crippen LogP contribution in [0.25, 0.3) is 0 Å². The Balaban J connectivity index is 1.68. The predicted octanol–water partition coefficient (Wildman–Crippen LogP) is 4.78. The van der Waals surface area contributed by atoms with Crippen molar-refractivity contribution in [1.82, 2.24) is 10.2 Å². The monoisotopic (exact) mass is 358 g/mol. The second-order valence-corrected chi connectivity index (χ2v) is 5.69. The fourth-order valence-corrected chi connectivity index (χ4v) is 2.26. The van der Waals surface area contributed by atoms with Crippen LogP contribution in [0.2, 0.25) is 10.0 Å². The van der Waals surface area contributed by atoms with Gasteiger partial charge >= 0.3 is 0 Å².